The smallest absolute Gasteiger partial charge is 0.494 e. The molecule has 0 atom stereocenters. The van der Waals surface area contributed by atoms with Crippen molar-refractivity contribution in [3.8, 4) is 28.7 Å². The normalized spacial score (nSPS) is 15.4. The number of aliphatic hydroxyl groups is 1. The number of aromatic amines is 7. The van der Waals surface area contributed by atoms with E-state index < -0.39 is 23.5 Å². The average Bonchev–Trinajstić information content (AvgIpc) is 1.61. The van der Waals surface area contributed by atoms with E-state index in [-0.39, 0.29) is 24.5 Å². The Kier molecular flexibility index (Phi) is 24.8. The van der Waals surface area contributed by atoms with Gasteiger partial charge in [0.1, 0.15) is 51.4 Å². The van der Waals surface area contributed by atoms with Crippen LogP contribution >= 0.6 is 0 Å². The van der Waals surface area contributed by atoms with Gasteiger partial charge in [-0.05, 0) is 236 Å². The molecule has 8 aromatic heterocycles. The molecule has 0 saturated heterocycles. The molecule has 12 aromatic rings. The molecule has 4 aliphatic heterocycles. The molecule has 0 saturated carbocycles. The van der Waals surface area contributed by atoms with Gasteiger partial charge in [-0.15, -0.1) is 0 Å². The molecule has 12 heterocycles. The number of hydrogen-bond donors (Lipinski definition) is 8. The number of carbonyl (C=O) groups is 3. The maximum atomic E-state index is 13.0. The number of hydrogen-bond acceptors (Lipinski definition) is 16. The summed E-state index contributed by atoms with van der Waals surface area (Å²) in [6, 6.07) is 42.8. The molecule has 8 N–H and O–H groups in total. The predicted molar refractivity (Wildman–Crippen MR) is 473 cm³/mol. The number of allylic oxidation sites excluding steroid dienone is 1. The van der Waals surface area contributed by atoms with Gasteiger partial charge in [-0.1, -0.05) is 62.4 Å². The van der Waals surface area contributed by atoms with Crippen LogP contribution in [-0.2, 0) is 14.2 Å². The second kappa shape index (κ2) is 35.4. The van der Waals surface area contributed by atoms with Crippen LogP contribution < -0.4 is 87.5 Å². The molecule has 24 heteroatoms. The number of H-pyrrole nitrogens is 7. The lowest BCUT2D eigenvalue weighted by Gasteiger charge is -2.18. The van der Waals surface area contributed by atoms with E-state index in [2.05, 4.69) is 86.8 Å². The predicted octanol–water partition coefficient (Wildman–Crippen LogP) is 11.1. The van der Waals surface area contributed by atoms with Gasteiger partial charge in [0.05, 0.1) is 116 Å². The summed E-state index contributed by atoms with van der Waals surface area (Å²) in [6.07, 6.45) is 12.3. The second-order valence-corrected chi connectivity index (χ2v) is 32.7. The lowest BCUT2D eigenvalue weighted by Crippen LogP contribution is -2.29. The van der Waals surface area contributed by atoms with Gasteiger partial charge in [0.15, 0.2) is 0 Å². The van der Waals surface area contributed by atoms with E-state index in [4.69, 9.17) is 57.9 Å². The molecule has 0 fully saturated rings. The first kappa shape index (κ1) is 85.0. The van der Waals surface area contributed by atoms with Crippen LogP contribution in [-0.4, -0.2) is 114 Å². The van der Waals surface area contributed by atoms with E-state index in [0.29, 0.717) is 23.0 Å². The van der Waals surface area contributed by atoms with E-state index in [1.54, 1.807) is 91.7 Å². The molecule has 24 nitrogen and oxygen atoms in total. The quantitative estimate of drug-likeness (QED) is 0.0372. The molecular weight excluding hydrogens is 1530 g/mol. The summed E-state index contributed by atoms with van der Waals surface area (Å²) in [5, 5.41) is 20.6. The van der Waals surface area contributed by atoms with Crippen molar-refractivity contribution in [2.45, 2.75) is 142 Å². The summed E-state index contributed by atoms with van der Waals surface area (Å²) >= 11 is 0. The van der Waals surface area contributed by atoms with Crippen LogP contribution in [0.4, 0.5) is 9.59 Å². The van der Waals surface area contributed by atoms with Crippen LogP contribution in [0.15, 0.2) is 171 Å². The SMILES string of the molecule is COC1=CC(c2cc3ccccc3n2C(=O)C(C)C)=N/C1=C\c1[nH]c(C)cc1C.COc1cc(=C2C=c3c(OC(=O)OC(C)(C)C)cccc3=N2)[nH]/c1=C\c1[nH]c(C)cc1C.COc1cc(=C2N=c3ccccc3=C2CO)[nH]/c1=C\c1[nH]c(C)cc1C.Cc1cc(C)c(/C=c2\[nH]c(=C3C=c4c(OC(=O)OC(C)(C)C)cccc4=N3)cc2OC(C)C)[nH]1. The Balaban J connectivity index is 0.000000140. The number of aliphatic imine (C=N–C) groups is 1. The number of nitrogens with zero attached hydrogens (tertiary/aromatic N) is 5. The minimum atomic E-state index is -0.747. The summed E-state index contributed by atoms with van der Waals surface area (Å²) in [5.74, 6) is 3.60. The Morgan fingerprint density at radius 3 is 1.35 bits per heavy atom. The first-order chi connectivity index (χ1) is 57.6. The van der Waals surface area contributed by atoms with Crippen LogP contribution in [0.25, 0.3) is 70.0 Å². The zero-order valence-electron chi connectivity index (χ0n) is 72.3. The number of fused-ring (bicyclic) bond motifs is 4. The third-order valence-corrected chi connectivity index (χ3v) is 19.8. The van der Waals surface area contributed by atoms with Gasteiger partial charge in [-0.3, -0.25) is 9.36 Å². The van der Waals surface area contributed by atoms with Crippen molar-refractivity contribution in [2.75, 3.05) is 27.9 Å². The van der Waals surface area contributed by atoms with Crippen molar-refractivity contribution >= 4 is 94.0 Å². The van der Waals surface area contributed by atoms with Crippen molar-refractivity contribution in [1.82, 2.24) is 39.5 Å². The fraction of sp³-hybridized carbons (Fsp3) is 0.268. The number of aliphatic hydroxyl groups excluding tert-OH is 1. The highest BCUT2D eigenvalue weighted by Crippen LogP contribution is 2.30. The zero-order chi connectivity index (χ0) is 86.6. The Bertz CT molecular complexity index is 7020. The fourth-order valence-corrected chi connectivity index (χ4v) is 14.4. The molecule has 0 amide bonds. The van der Waals surface area contributed by atoms with Gasteiger partial charge in [0.25, 0.3) is 0 Å². The van der Waals surface area contributed by atoms with Gasteiger partial charge >= 0.3 is 12.3 Å². The summed E-state index contributed by atoms with van der Waals surface area (Å²) in [5.41, 5.74) is 18.0. The number of rotatable bonds is 14. The van der Waals surface area contributed by atoms with Crippen LogP contribution in [0.5, 0.6) is 28.7 Å². The lowest BCUT2D eigenvalue weighted by atomic mass is 10.1. The first-order valence-corrected chi connectivity index (χ1v) is 40.1. The number of nitrogens with one attached hydrogen (secondary N) is 7. The molecule has 0 spiro atoms. The molecule has 0 bridgehead atoms. The molecule has 0 aliphatic carbocycles. The van der Waals surface area contributed by atoms with Gasteiger partial charge < -0.3 is 77.9 Å². The number of carbonyl (C=O) groups excluding carboxylic acids is 3. The summed E-state index contributed by atoms with van der Waals surface area (Å²) in [7, 11) is 4.93. The third kappa shape index (κ3) is 19.6. The number of ether oxygens (including phenoxy) is 8. The highest BCUT2D eigenvalue weighted by Gasteiger charge is 2.27. The fourth-order valence-electron chi connectivity index (χ4n) is 14.4. The van der Waals surface area contributed by atoms with E-state index >= 15 is 0 Å². The number of aryl methyl sites for hydroxylation is 8. The Labute approximate surface area is 699 Å². The van der Waals surface area contributed by atoms with Crippen molar-refractivity contribution in [3.05, 3.63) is 288 Å². The van der Waals surface area contributed by atoms with Crippen molar-refractivity contribution < 1.29 is 57.4 Å². The largest absolute Gasteiger partial charge is 0.514 e. The highest BCUT2D eigenvalue weighted by molar-refractivity contribution is 6.16. The summed E-state index contributed by atoms with van der Waals surface area (Å²) in [6.45, 7) is 34.9. The summed E-state index contributed by atoms with van der Waals surface area (Å²) < 4.78 is 46.1. The summed E-state index contributed by atoms with van der Waals surface area (Å²) in [4.78, 5) is 80.0. The number of methoxy groups -OCH3 is 3. The zero-order valence-corrected chi connectivity index (χ0v) is 72.3. The van der Waals surface area contributed by atoms with Crippen LogP contribution in [0.2, 0.25) is 0 Å². The number of aromatic nitrogens is 8. The Morgan fingerprint density at radius 1 is 0.463 bits per heavy atom. The van der Waals surface area contributed by atoms with Crippen molar-refractivity contribution in [1.29, 1.82) is 0 Å². The molecule has 0 unspecified atom stereocenters. The number of para-hydroxylation sites is 2. The first-order valence-electron chi connectivity index (χ1n) is 40.1. The molecular formula is C97H104N12O12. The van der Waals surface area contributed by atoms with E-state index in [1.807, 2.05) is 183 Å². The molecule has 624 valence electrons. The number of benzene rings is 4. The molecule has 0 radical (unpaired) electrons. The third-order valence-electron chi connectivity index (χ3n) is 19.8. The van der Waals surface area contributed by atoms with E-state index in [1.165, 1.54) is 5.56 Å². The highest BCUT2D eigenvalue weighted by atomic mass is 16.7. The molecule has 121 heavy (non-hydrogen) atoms. The van der Waals surface area contributed by atoms with E-state index in [0.717, 1.165) is 188 Å². The van der Waals surface area contributed by atoms with Gasteiger partial charge in [0, 0.05) is 102 Å². The molecule has 16 rings (SSSR count). The Morgan fingerprint density at radius 2 is 0.901 bits per heavy atom. The molecule has 4 aromatic carbocycles. The topological polar surface area (TPSA) is 310 Å². The van der Waals surface area contributed by atoms with Crippen molar-refractivity contribution in [2.24, 2.45) is 25.9 Å². The van der Waals surface area contributed by atoms with Gasteiger partial charge in [-0.25, -0.2) is 29.6 Å². The maximum absolute atomic E-state index is 13.0. The van der Waals surface area contributed by atoms with Gasteiger partial charge in [-0.2, -0.15) is 0 Å². The van der Waals surface area contributed by atoms with Crippen LogP contribution in [0.1, 0.15) is 148 Å². The monoisotopic (exact) mass is 1630 g/mol. The van der Waals surface area contributed by atoms with Gasteiger partial charge in [0.2, 0.25) is 5.91 Å². The average molecular weight is 1630 g/mol. The minimum Gasteiger partial charge on any atom is -0.494 e. The van der Waals surface area contributed by atoms with Crippen LogP contribution in [0.3, 0.4) is 0 Å². The minimum absolute atomic E-state index is 0.0165. The van der Waals surface area contributed by atoms with Crippen molar-refractivity contribution in [3.63, 3.8) is 0 Å². The Hall–Kier alpha value is -13.9. The maximum Gasteiger partial charge on any atom is 0.514 e. The molecule has 4 aliphatic rings. The standard InChI is InChI=1S/C27H31N3O4.C25H27N3O4.C24H25N3O2.C21H21N3O2/c1-15(2)32-25-14-22(30-23(25)13-20-16(3)11-17(4)28-20)21-12-18-19(29-21)9-8-10-24(18)33-26(31)34-27(5,6)7;1-14-10-15(2)26-18(14)12-21-23(30-6)13-20(28-21)19-11-16-17(27-19)8-7-9-22(16)31-24(29)32-25(3,4)5;1-14(2)24(28)27-21-9-7-6-8-17(21)11-22(27)19-13-23(29-5)20(26-19)12-18-15(3)10-16(4)25-18;1-12-8-13(2)22-17(12)9-18-20(26-3)10-19(23-18)21-15(11-25)14-6-4-5-7-16(14)24-21/h8-15,28,30H,1-7H3;7-13,26,28H,1-6H3;6-14,25H,1-5H3;4-10,22-23,25H,11H2,1-3H3/b22-21?,23-13-;20-19?,21-12-;20-12-;18-9-,21-19?. The lowest BCUT2D eigenvalue weighted by molar-refractivity contribution is 0.0191. The van der Waals surface area contributed by atoms with Crippen LogP contribution in [0, 0.1) is 61.3 Å². The van der Waals surface area contributed by atoms with E-state index in [9.17, 15) is 19.5 Å². The second-order valence-electron chi connectivity index (χ2n) is 32.7.